The molecule has 6 nitrogen and oxygen atoms in total. The minimum Gasteiger partial charge on any atom is -0.490 e. The molecule has 6 heteroatoms. The molecule has 2 N–H and O–H groups in total. The van der Waals surface area contributed by atoms with Crippen molar-refractivity contribution in [3.63, 3.8) is 0 Å². The van der Waals surface area contributed by atoms with Crippen LogP contribution in [0.4, 0.5) is 0 Å². The number of ether oxygens (including phenoxy) is 1. The first-order valence-electron chi connectivity index (χ1n) is 6.09. The lowest BCUT2D eigenvalue weighted by atomic mass is 10.3. The van der Waals surface area contributed by atoms with Crippen LogP contribution in [0.3, 0.4) is 0 Å². The quantitative estimate of drug-likeness (QED) is 0.803. The lowest BCUT2D eigenvalue weighted by Gasteiger charge is -2.06. The van der Waals surface area contributed by atoms with Crippen LogP contribution in [0.15, 0.2) is 41.5 Å². The van der Waals surface area contributed by atoms with Crippen molar-refractivity contribution >= 4 is 0 Å². The molecular formula is C13H16N4O2. The van der Waals surface area contributed by atoms with Gasteiger partial charge in [-0.3, -0.25) is 9.78 Å². The van der Waals surface area contributed by atoms with E-state index in [1.807, 2.05) is 18.2 Å². The van der Waals surface area contributed by atoms with E-state index < -0.39 is 0 Å². The second-order valence-electron chi connectivity index (χ2n) is 3.96. The van der Waals surface area contributed by atoms with Crippen LogP contribution in [0.25, 0.3) is 0 Å². The highest BCUT2D eigenvalue weighted by Gasteiger charge is 2.02. The van der Waals surface area contributed by atoms with Gasteiger partial charge in [-0.1, -0.05) is 6.07 Å². The number of hydrogen-bond acceptors (Lipinski definition) is 5. The van der Waals surface area contributed by atoms with Gasteiger partial charge in [0.25, 0.3) is 5.56 Å². The summed E-state index contributed by atoms with van der Waals surface area (Å²) in [5.74, 6) is 0.449. The molecule has 0 radical (unpaired) electrons. The molecule has 0 spiro atoms. The molecule has 0 saturated heterocycles. The molecule has 0 unspecified atom stereocenters. The summed E-state index contributed by atoms with van der Waals surface area (Å²) >= 11 is 0. The monoisotopic (exact) mass is 260 g/mol. The fourth-order valence-electron chi connectivity index (χ4n) is 1.61. The summed E-state index contributed by atoms with van der Waals surface area (Å²) in [4.78, 5) is 16.0. The van der Waals surface area contributed by atoms with Gasteiger partial charge in [0, 0.05) is 30.9 Å². The Bertz CT molecular complexity index is 568. The van der Waals surface area contributed by atoms with Gasteiger partial charge in [-0.25, -0.2) is 4.68 Å². The molecule has 2 aromatic heterocycles. The number of aryl methyl sites for hydroxylation is 2. The predicted octanol–water partition coefficient (Wildman–Crippen LogP) is 0.218. The van der Waals surface area contributed by atoms with Crippen LogP contribution in [-0.2, 0) is 13.0 Å². The lowest BCUT2D eigenvalue weighted by Crippen LogP contribution is -2.23. The number of nitrogens with zero attached hydrogens (tertiary/aromatic N) is 3. The average Bonchev–Trinajstić information content (AvgIpc) is 2.45. The van der Waals surface area contributed by atoms with Gasteiger partial charge in [-0.05, 0) is 12.1 Å². The molecule has 0 aliphatic carbocycles. The zero-order chi connectivity index (χ0) is 13.5. The zero-order valence-electron chi connectivity index (χ0n) is 10.5. The number of aromatic nitrogens is 3. The van der Waals surface area contributed by atoms with Gasteiger partial charge >= 0.3 is 0 Å². The van der Waals surface area contributed by atoms with Crippen molar-refractivity contribution in [1.29, 1.82) is 0 Å². The van der Waals surface area contributed by atoms with Gasteiger partial charge in [0.15, 0.2) is 0 Å². The molecule has 19 heavy (non-hydrogen) atoms. The Balaban J connectivity index is 1.99. The Kier molecular flexibility index (Phi) is 4.63. The van der Waals surface area contributed by atoms with Crippen molar-refractivity contribution < 1.29 is 4.74 Å². The molecule has 2 rings (SSSR count). The van der Waals surface area contributed by atoms with Crippen molar-refractivity contribution in [3.05, 3.63) is 52.7 Å². The van der Waals surface area contributed by atoms with Crippen LogP contribution in [0.1, 0.15) is 5.69 Å². The second kappa shape index (κ2) is 6.65. The topological polar surface area (TPSA) is 83.0 Å². The minimum atomic E-state index is -0.189. The molecule has 0 atom stereocenters. The highest BCUT2D eigenvalue weighted by Crippen LogP contribution is 2.03. The lowest BCUT2D eigenvalue weighted by molar-refractivity contribution is 0.323. The van der Waals surface area contributed by atoms with Gasteiger partial charge in [-0.2, -0.15) is 5.10 Å². The molecule has 0 aliphatic heterocycles. The molecular weight excluding hydrogens is 244 g/mol. The maximum atomic E-state index is 11.8. The van der Waals surface area contributed by atoms with Crippen LogP contribution in [-0.4, -0.2) is 27.9 Å². The second-order valence-corrected chi connectivity index (χ2v) is 3.96. The maximum Gasteiger partial charge on any atom is 0.270 e. The van der Waals surface area contributed by atoms with Gasteiger partial charge in [0.05, 0.1) is 12.7 Å². The molecule has 0 bridgehead atoms. The first-order valence-corrected chi connectivity index (χ1v) is 6.09. The predicted molar refractivity (Wildman–Crippen MR) is 71.0 cm³/mol. The van der Waals surface area contributed by atoms with E-state index in [1.54, 1.807) is 6.20 Å². The van der Waals surface area contributed by atoms with Gasteiger partial charge in [-0.15, -0.1) is 0 Å². The van der Waals surface area contributed by atoms with Crippen LogP contribution in [0.5, 0.6) is 5.75 Å². The summed E-state index contributed by atoms with van der Waals surface area (Å²) in [6.45, 7) is 1.27. The number of hydrogen-bond donors (Lipinski definition) is 1. The fourth-order valence-corrected chi connectivity index (χ4v) is 1.61. The van der Waals surface area contributed by atoms with Crippen molar-refractivity contribution in [2.24, 2.45) is 5.73 Å². The fraction of sp³-hybridized carbons (Fsp3) is 0.308. The van der Waals surface area contributed by atoms with Crippen molar-refractivity contribution in [2.45, 2.75) is 13.0 Å². The molecule has 0 aromatic carbocycles. The third-order valence-corrected chi connectivity index (χ3v) is 2.54. The standard InChI is InChI=1S/C13H16N4O2/c14-5-8-19-12-9-13(18)17(16-10-12)7-4-11-3-1-2-6-15-11/h1-3,6,9-10H,4-5,7-8,14H2. The summed E-state index contributed by atoms with van der Waals surface area (Å²) in [7, 11) is 0. The molecule has 0 amide bonds. The highest BCUT2D eigenvalue weighted by atomic mass is 16.5. The Morgan fingerprint density at radius 2 is 2.26 bits per heavy atom. The Labute approximate surface area is 110 Å². The number of nitrogens with two attached hydrogens (primary N) is 1. The van der Waals surface area contributed by atoms with Gasteiger partial charge in [0.1, 0.15) is 12.4 Å². The SMILES string of the molecule is NCCOc1cnn(CCc2ccccn2)c(=O)c1. The average molecular weight is 260 g/mol. The molecule has 0 aliphatic rings. The maximum absolute atomic E-state index is 11.8. The van der Waals surface area contributed by atoms with E-state index in [4.69, 9.17) is 10.5 Å². The third kappa shape index (κ3) is 3.89. The first-order chi connectivity index (χ1) is 9.29. The Morgan fingerprint density at radius 3 is 2.95 bits per heavy atom. The van der Waals surface area contributed by atoms with Crippen molar-refractivity contribution in [3.8, 4) is 5.75 Å². The Morgan fingerprint density at radius 1 is 1.37 bits per heavy atom. The molecule has 2 heterocycles. The van der Waals surface area contributed by atoms with Crippen LogP contribution >= 0.6 is 0 Å². The van der Waals surface area contributed by atoms with E-state index in [-0.39, 0.29) is 5.56 Å². The van der Waals surface area contributed by atoms with Crippen LogP contribution < -0.4 is 16.0 Å². The first kappa shape index (κ1) is 13.2. The van der Waals surface area contributed by atoms with Gasteiger partial charge < -0.3 is 10.5 Å². The number of rotatable bonds is 6. The van der Waals surface area contributed by atoms with E-state index in [1.165, 1.54) is 16.9 Å². The summed E-state index contributed by atoms with van der Waals surface area (Å²) in [6.07, 6.45) is 3.92. The summed E-state index contributed by atoms with van der Waals surface area (Å²) < 4.78 is 6.63. The summed E-state index contributed by atoms with van der Waals surface area (Å²) in [5.41, 5.74) is 6.06. The van der Waals surface area contributed by atoms with E-state index in [9.17, 15) is 4.79 Å². The molecule has 2 aromatic rings. The zero-order valence-corrected chi connectivity index (χ0v) is 10.5. The Hall–Kier alpha value is -2.21. The van der Waals surface area contributed by atoms with Crippen molar-refractivity contribution in [1.82, 2.24) is 14.8 Å². The van der Waals surface area contributed by atoms with Crippen molar-refractivity contribution in [2.75, 3.05) is 13.2 Å². The molecule has 0 saturated carbocycles. The van der Waals surface area contributed by atoms with E-state index in [0.29, 0.717) is 31.9 Å². The normalized spacial score (nSPS) is 10.4. The van der Waals surface area contributed by atoms with E-state index in [2.05, 4.69) is 10.1 Å². The van der Waals surface area contributed by atoms with E-state index in [0.717, 1.165) is 5.69 Å². The van der Waals surface area contributed by atoms with E-state index >= 15 is 0 Å². The smallest absolute Gasteiger partial charge is 0.270 e. The molecule has 0 fully saturated rings. The number of pyridine rings is 1. The van der Waals surface area contributed by atoms with Crippen LogP contribution in [0, 0.1) is 0 Å². The minimum absolute atomic E-state index is 0.189. The summed E-state index contributed by atoms with van der Waals surface area (Å²) in [5, 5.41) is 4.06. The van der Waals surface area contributed by atoms with Gasteiger partial charge in [0.2, 0.25) is 0 Å². The molecule has 100 valence electrons. The highest BCUT2D eigenvalue weighted by molar-refractivity contribution is 5.13. The third-order valence-electron chi connectivity index (χ3n) is 2.54. The van der Waals surface area contributed by atoms with Crippen LogP contribution in [0.2, 0.25) is 0 Å². The summed E-state index contributed by atoms with van der Waals surface area (Å²) in [6, 6.07) is 7.12. The largest absolute Gasteiger partial charge is 0.490 e.